The van der Waals surface area contributed by atoms with E-state index < -0.39 is 11.9 Å². The van der Waals surface area contributed by atoms with Gasteiger partial charge >= 0.3 is 0 Å². The quantitative estimate of drug-likeness (QED) is 0.243. The second-order valence-electron chi connectivity index (χ2n) is 7.97. The summed E-state index contributed by atoms with van der Waals surface area (Å²) in [4.78, 5) is 26.5. The topological polar surface area (TPSA) is 112 Å². The SMILES string of the molecule is COc1ccc(CCCCOc2ccc(CSCc3cccc(C(=O)[O-])c3)nc2/C=C/C(=O)[O-])cc1. The minimum absolute atomic E-state index is 0.145. The first-order valence-corrected chi connectivity index (χ1v) is 12.6. The third kappa shape index (κ3) is 8.78. The van der Waals surface area contributed by atoms with E-state index >= 15 is 0 Å². The molecule has 188 valence electrons. The summed E-state index contributed by atoms with van der Waals surface area (Å²) in [5.41, 5.74) is 3.41. The average molecular weight is 506 g/mol. The van der Waals surface area contributed by atoms with Crippen molar-refractivity contribution in [2.45, 2.75) is 30.8 Å². The molecule has 0 N–H and O–H groups in total. The van der Waals surface area contributed by atoms with Crippen molar-refractivity contribution in [3.63, 3.8) is 0 Å². The Balaban J connectivity index is 1.53. The van der Waals surface area contributed by atoms with Crippen LogP contribution in [0.4, 0.5) is 0 Å². The van der Waals surface area contributed by atoms with Crippen LogP contribution in [0.1, 0.15) is 45.7 Å². The second kappa shape index (κ2) is 13.9. The van der Waals surface area contributed by atoms with Crippen LogP contribution in [0.5, 0.6) is 11.5 Å². The van der Waals surface area contributed by atoms with Gasteiger partial charge in [0.15, 0.2) is 0 Å². The van der Waals surface area contributed by atoms with E-state index in [0.29, 0.717) is 29.6 Å². The number of benzene rings is 2. The zero-order valence-corrected chi connectivity index (χ0v) is 20.8. The van der Waals surface area contributed by atoms with E-state index in [1.165, 1.54) is 17.7 Å². The van der Waals surface area contributed by atoms with Crippen LogP contribution in [0.2, 0.25) is 0 Å². The zero-order valence-electron chi connectivity index (χ0n) is 20.0. The van der Waals surface area contributed by atoms with Gasteiger partial charge in [-0.05, 0) is 78.4 Å². The number of rotatable bonds is 14. The highest BCUT2D eigenvalue weighted by molar-refractivity contribution is 7.97. The monoisotopic (exact) mass is 505 g/mol. The number of carboxylic acid groups (broad SMARTS) is 2. The van der Waals surface area contributed by atoms with Gasteiger partial charge in [-0.1, -0.05) is 30.3 Å². The van der Waals surface area contributed by atoms with Crippen LogP contribution in [0.15, 0.2) is 66.7 Å². The molecule has 0 atom stereocenters. The first-order valence-electron chi connectivity index (χ1n) is 11.5. The summed E-state index contributed by atoms with van der Waals surface area (Å²) in [6.45, 7) is 0.479. The number of carboxylic acids is 2. The van der Waals surface area contributed by atoms with E-state index in [0.717, 1.165) is 42.3 Å². The molecule has 0 amide bonds. The number of hydrogen-bond donors (Lipinski definition) is 0. The van der Waals surface area contributed by atoms with Crippen molar-refractivity contribution in [1.29, 1.82) is 0 Å². The normalized spacial score (nSPS) is 10.9. The first kappa shape index (κ1) is 26.8. The summed E-state index contributed by atoms with van der Waals surface area (Å²) in [5.74, 6) is -0.0200. The zero-order chi connectivity index (χ0) is 25.8. The molecular formula is C28H27NO6S-2. The Kier molecular flexibility index (Phi) is 10.4. The Bertz CT molecular complexity index is 1190. The van der Waals surface area contributed by atoms with E-state index in [1.54, 1.807) is 37.1 Å². The minimum Gasteiger partial charge on any atom is -0.545 e. The fourth-order valence-electron chi connectivity index (χ4n) is 3.44. The van der Waals surface area contributed by atoms with Gasteiger partial charge in [-0.2, -0.15) is 11.8 Å². The van der Waals surface area contributed by atoms with Gasteiger partial charge in [-0.15, -0.1) is 0 Å². The first-order chi connectivity index (χ1) is 17.4. The molecule has 7 nitrogen and oxygen atoms in total. The Hall–Kier alpha value is -3.78. The lowest BCUT2D eigenvalue weighted by molar-refractivity contribution is -0.297. The van der Waals surface area contributed by atoms with E-state index in [2.05, 4.69) is 4.98 Å². The highest BCUT2D eigenvalue weighted by atomic mass is 32.2. The molecule has 1 heterocycles. The highest BCUT2D eigenvalue weighted by Crippen LogP contribution is 2.23. The summed E-state index contributed by atoms with van der Waals surface area (Å²) in [6.07, 6.45) is 5.00. The number of pyridine rings is 1. The van der Waals surface area contributed by atoms with E-state index in [1.807, 2.05) is 36.4 Å². The van der Waals surface area contributed by atoms with Crippen LogP contribution in [0.25, 0.3) is 6.08 Å². The number of methoxy groups -OCH3 is 1. The number of hydrogen-bond acceptors (Lipinski definition) is 8. The molecule has 0 aliphatic heterocycles. The highest BCUT2D eigenvalue weighted by Gasteiger charge is 2.07. The molecule has 2 aromatic carbocycles. The lowest BCUT2D eigenvalue weighted by Gasteiger charge is -2.11. The van der Waals surface area contributed by atoms with Gasteiger partial charge in [0, 0.05) is 11.5 Å². The van der Waals surface area contributed by atoms with Gasteiger partial charge in [-0.25, -0.2) is 4.98 Å². The van der Waals surface area contributed by atoms with Crippen LogP contribution >= 0.6 is 11.8 Å². The fourth-order valence-corrected chi connectivity index (χ4v) is 4.33. The fraction of sp³-hybridized carbons (Fsp3) is 0.250. The van der Waals surface area contributed by atoms with Crippen molar-refractivity contribution >= 4 is 29.8 Å². The van der Waals surface area contributed by atoms with E-state index in [9.17, 15) is 19.8 Å². The summed E-state index contributed by atoms with van der Waals surface area (Å²) in [7, 11) is 1.64. The molecule has 0 radical (unpaired) electrons. The van der Waals surface area contributed by atoms with Gasteiger partial charge in [0.2, 0.25) is 0 Å². The maximum atomic E-state index is 11.0. The average Bonchev–Trinajstić information content (AvgIpc) is 2.88. The third-order valence-corrected chi connectivity index (χ3v) is 6.32. The van der Waals surface area contributed by atoms with Gasteiger partial charge in [0.1, 0.15) is 17.2 Å². The molecule has 1 aromatic heterocycles. The summed E-state index contributed by atoms with van der Waals surface area (Å²) >= 11 is 1.57. The standard InChI is InChI=1S/C28H29NO6S/c1-34-24-11-8-20(9-12-24)5-2-3-16-35-26-14-10-23(29-25(26)13-15-27(30)31)19-36-18-21-6-4-7-22(17-21)28(32)33/h4,6-15,17H,2-3,5,16,18-19H2,1H3,(H,30,31)(H,32,33)/p-2/b15-13+. The van der Waals surface area contributed by atoms with Gasteiger partial charge in [0.05, 0.1) is 31.3 Å². The number of thioether (sulfide) groups is 1. The smallest absolute Gasteiger partial charge is 0.144 e. The predicted octanol–water partition coefficient (Wildman–Crippen LogP) is 3.05. The number of aryl methyl sites for hydroxylation is 1. The van der Waals surface area contributed by atoms with Crippen molar-refractivity contribution in [3.05, 3.63) is 94.8 Å². The summed E-state index contributed by atoms with van der Waals surface area (Å²) in [6, 6.07) is 18.2. The van der Waals surface area contributed by atoms with E-state index in [4.69, 9.17) is 9.47 Å². The largest absolute Gasteiger partial charge is 0.545 e. The number of carbonyl (C=O) groups is 2. The van der Waals surface area contributed by atoms with Crippen LogP contribution in [-0.4, -0.2) is 30.6 Å². The number of aliphatic carboxylic acids is 1. The van der Waals surface area contributed by atoms with Crippen molar-refractivity contribution in [3.8, 4) is 11.5 Å². The number of aromatic carboxylic acids is 1. The molecule has 36 heavy (non-hydrogen) atoms. The van der Waals surface area contributed by atoms with Crippen molar-refractivity contribution in [1.82, 2.24) is 4.98 Å². The number of nitrogens with zero attached hydrogens (tertiary/aromatic N) is 1. The maximum absolute atomic E-state index is 11.0. The molecule has 0 saturated carbocycles. The summed E-state index contributed by atoms with van der Waals surface area (Å²) < 4.78 is 11.1. The number of aromatic nitrogens is 1. The summed E-state index contributed by atoms with van der Waals surface area (Å²) in [5, 5.41) is 22.0. The number of unbranched alkanes of at least 4 members (excludes halogenated alkanes) is 1. The molecule has 0 aliphatic carbocycles. The molecule has 0 bridgehead atoms. The molecule has 0 saturated heterocycles. The lowest BCUT2D eigenvalue weighted by Crippen LogP contribution is -2.22. The van der Waals surface area contributed by atoms with Crippen LogP contribution in [0, 0.1) is 0 Å². The molecular weight excluding hydrogens is 478 g/mol. The molecule has 8 heteroatoms. The Morgan fingerprint density at radius 3 is 2.50 bits per heavy atom. The van der Waals surface area contributed by atoms with Crippen LogP contribution in [-0.2, 0) is 22.7 Å². The van der Waals surface area contributed by atoms with Crippen LogP contribution < -0.4 is 19.7 Å². The maximum Gasteiger partial charge on any atom is 0.144 e. The third-order valence-electron chi connectivity index (χ3n) is 5.28. The molecule has 0 spiro atoms. The lowest BCUT2D eigenvalue weighted by atomic mass is 10.1. The molecule has 0 aliphatic rings. The van der Waals surface area contributed by atoms with Gasteiger partial charge in [0.25, 0.3) is 0 Å². The number of ether oxygens (including phenoxy) is 2. The van der Waals surface area contributed by atoms with Gasteiger partial charge in [-0.3, -0.25) is 0 Å². The molecule has 0 fully saturated rings. The molecule has 0 unspecified atom stereocenters. The second-order valence-corrected chi connectivity index (χ2v) is 8.96. The Labute approximate surface area is 214 Å². The minimum atomic E-state index is -1.31. The van der Waals surface area contributed by atoms with Gasteiger partial charge < -0.3 is 29.3 Å². The van der Waals surface area contributed by atoms with Crippen molar-refractivity contribution in [2.24, 2.45) is 0 Å². The predicted molar refractivity (Wildman–Crippen MR) is 135 cm³/mol. The molecule has 3 rings (SSSR count). The van der Waals surface area contributed by atoms with Crippen molar-refractivity contribution in [2.75, 3.05) is 13.7 Å². The Morgan fingerprint density at radius 1 is 0.972 bits per heavy atom. The Morgan fingerprint density at radius 2 is 1.78 bits per heavy atom. The molecule has 3 aromatic rings. The van der Waals surface area contributed by atoms with E-state index in [-0.39, 0.29) is 5.56 Å². The van der Waals surface area contributed by atoms with Crippen molar-refractivity contribution < 1.29 is 29.3 Å². The number of carbonyl (C=O) groups excluding carboxylic acids is 2. The van der Waals surface area contributed by atoms with Crippen LogP contribution in [0.3, 0.4) is 0 Å².